The summed E-state index contributed by atoms with van der Waals surface area (Å²) in [5.41, 5.74) is 8.69. The van der Waals surface area contributed by atoms with Crippen LogP contribution in [0.2, 0.25) is 5.02 Å². The van der Waals surface area contributed by atoms with Gasteiger partial charge in [0.15, 0.2) is 5.95 Å². The van der Waals surface area contributed by atoms with Gasteiger partial charge in [-0.3, -0.25) is 0 Å². The van der Waals surface area contributed by atoms with Gasteiger partial charge in [0, 0.05) is 41.2 Å². The van der Waals surface area contributed by atoms with E-state index in [0.717, 1.165) is 22.2 Å². The van der Waals surface area contributed by atoms with Crippen LogP contribution in [0, 0.1) is 0 Å². The van der Waals surface area contributed by atoms with Crippen LogP contribution in [0.3, 0.4) is 0 Å². The van der Waals surface area contributed by atoms with Crippen LogP contribution in [0.5, 0.6) is 0 Å². The van der Waals surface area contributed by atoms with E-state index in [1.54, 1.807) is 24.4 Å². The summed E-state index contributed by atoms with van der Waals surface area (Å²) in [5.74, 6) is -0.401. The summed E-state index contributed by atoms with van der Waals surface area (Å²) in [7, 11) is 0. The molecule has 132 valence electrons. The highest BCUT2D eigenvalue weighted by Crippen LogP contribution is 2.26. The molecule has 26 heavy (non-hydrogen) atoms. The lowest BCUT2D eigenvalue weighted by Crippen LogP contribution is -2.54. The first-order chi connectivity index (χ1) is 12.5. The van der Waals surface area contributed by atoms with Crippen molar-refractivity contribution in [2.24, 2.45) is 5.73 Å². The van der Waals surface area contributed by atoms with Crippen LogP contribution in [-0.4, -0.2) is 15.6 Å². The second kappa shape index (κ2) is 6.59. The summed E-state index contributed by atoms with van der Waals surface area (Å²) in [6.45, 7) is 0. The average molecular weight is 369 g/mol. The molecule has 1 aliphatic heterocycles. The first kappa shape index (κ1) is 16.8. The fourth-order valence-corrected chi connectivity index (χ4v) is 3.32. The van der Waals surface area contributed by atoms with Crippen LogP contribution in [0.25, 0.3) is 11.0 Å². The SMILES string of the molecule is NC1(Cc2ccc(Cl)cc2)C=CC(Cc2c[nH]c3ncccc23)=C(F)N1. The Balaban J connectivity index is 1.52. The highest BCUT2D eigenvalue weighted by molar-refractivity contribution is 6.30. The number of rotatable bonds is 4. The Morgan fingerprint density at radius 1 is 1.19 bits per heavy atom. The van der Waals surface area contributed by atoms with Gasteiger partial charge in [-0.25, -0.2) is 4.98 Å². The predicted molar refractivity (Wildman–Crippen MR) is 102 cm³/mol. The lowest BCUT2D eigenvalue weighted by molar-refractivity contribution is 0.381. The Morgan fingerprint density at radius 3 is 2.77 bits per heavy atom. The van der Waals surface area contributed by atoms with Gasteiger partial charge in [0.2, 0.25) is 0 Å². The minimum absolute atomic E-state index is 0.401. The molecule has 0 fully saturated rings. The first-order valence-electron chi connectivity index (χ1n) is 8.33. The van der Waals surface area contributed by atoms with Gasteiger partial charge in [-0.2, -0.15) is 4.39 Å². The molecule has 4 rings (SSSR count). The molecule has 1 aliphatic rings. The predicted octanol–water partition coefficient (Wildman–Crippen LogP) is 4.00. The van der Waals surface area contributed by atoms with Crippen LogP contribution < -0.4 is 11.1 Å². The normalized spacial score (nSPS) is 19.8. The summed E-state index contributed by atoms with van der Waals surface area (Å²) < 4.78 is 14.7. The number of pyridine rings is 1. The van der Waals surface area contributed by atoms with Gasteiger partial charge in [0.05, 0.1) is 0 Å². The summed E-state index contributed by atoms with van der Waals surface area (Å²) in [6, 6.07) is 11.2. The van der Waals surface area contributed by atoms with Gasteiger partial charge in [-0.1, -0.05) is 29.8 Å². The molecular weight excluding hydrogens is 351 g/mol. The van der Waals surface area contributed by atoms with E-state index < -0.39 is 11.6 Å². The number of fused-ring (bicyclic) bond motifs is 1. The zero-order valence-corrected chi connectivity index (χ0v) is 14.7. The largest absolute Gasteiger partial charge is 0.346 e. The smallest absolute Gasteiger partial charge is 0.192 e. The zero-order chi connectivity index (χ0) is 18.1. The first-order valence-corrected chi connectivity index (χ1v) is 8.71. The van der Waals surface area contributed by atoms with E-state index in [1.165, 1.54) is 0 Å². The molecule has 0 saturated carbocycles. The second-order valence-corrected chi connectivity index (χ2v) is 6.97. The fraction of sp³-hybridized carbons (Fsp3) is 0.150. The molecule has 0 amide bonds. The highest BCUT2D eigenvalue weighted by atomic mass is 35.5. The molecule has 1 atom stereocenters. The van der Waals surface area contributed by atoms with Crippen LogP contribution >= 0.6 is 11.6 Å². The number of aromatic amines is 1. The van der Waals surface area contributed by atoms with Gasteiger partial charge in [-0.05, 0) is 41.5 Å². The van der Waals surface area contributed by atoms with Crippen molar-refractivity contribution in [2.45, 2.75) is 18.5 Å². The molecule has 0 radical (unpaired) electrons. The molecule has 0 bridgehead atoms. The monoisotopic (exact) mass is 368 g/mol. The van der Waals surface area contributed by atoms with E-state index in [4.69, 9.17) is 17.3 Å². The molecule has 3 heterocycles. The van der Waals surface area contributed by atoms with Crippen LogP contribution in [-0.2, 0) is 12.8 Å². The molecule has 1 aromatic carbocycles. The van der Waals surface area contributed by atoms with E-state index in [-0.39, 0.29) is 0 Å². The summed E-state index contributed by atoms with van der Waals surface area (Å²) >= 11 is 5.91. The zero-order valence-electron chi connectivity index (χ0n) is 14.0. The molecule has 1 unspecified atom stereocenters. The maximum atomic E-state index is 14.7. The number of nitrogens with one attached hydrogen (secondary N) is 2. The number of allylic oxidation sites excluding steroid dienone is 2. The van der Waals surface area contributed by atoms with Crippen molar-refractivity contribution in [3.8, 4) is 0 Å². The van der Waals surface area contributed by atoms with E-state index in [2.05, 4.69) is 15.3 Å². The molecule has 6 heteroatoms. The molecule has 0 saturated heterocycles. The van der Waals surface area contributed by atoms with Crippen LogP contribution in [0.15, 0.2) is 72.5 Å². The Labute approximate surface area is 155 Å². The molecular formula is C20H18ClFN4. The van der Waals surface area contributed by atoms with Gasteiger partial charge in [0.1, 0.15) is 11.3 Å². The highest BCUT2D eigenvalue weighted by Gasteiger charge is 2.27. The van der Waals surface area contributed by atoms with Gasteiger partial charge >= 0.3 is 0 Å². The molecule has 2 aromatic heterocycles. The number of dihydropyridines is 1. The third-order valence-corrected chi connectivity index (χ3v) is 4.79. The van der Waals surface area contributed by atoms with Gasteiger partial charge < -0.3 is 16.0 Å². The maximum Gasteiger partial charge on any atom is 0.192 e. The lowest BCUT2D eigenvalue weighted by Gasteiger charge is -2.31. The summed E-state index contributed by atoms with van der Waals surface area (Å²) in [6.07, 6.45) is 8.08. The van der Waals surface area contributed by atoms with Gasteiger partial charge in [0.25, 0.3) is 0 Å². The summed E-state index contributed by atoms with van der Waals surface area (Å²) in [4.78, 5) is 7.37. The van der Waals surface area contributed by atoms with Crippen molar-refractivity contribution in [3.63, 3.8) is 0 Å². The number of halogens is 2. The Kier molecular flexibility index (Phi) is 4.26. The number of hydrogen-bond donors (Lipinski definition) is 3. The van der Waals surface area contributed by atoms with Crippen molar-refractivity contribution in [2.75, 3.05) is 0 Å². The Bertz CT molecular complexity index is 1010. The van der Waals surface area contributed by atoms with E-state index in [1.807, 2.05) is 36.5 Å². The van der Waals surface area contributed by atoms with Gasteiger partial charge in [-0.15, -0.1) is 0 Å². The van der Waals surface area contributed by atoms with Crippen molar-refractivity contribution in [1.82, 2.24) is 15.3 Å². The molecule has 0 spiro atoms. The van der Waals surface area contributed by atoms with E-state index in [0.29, 0.717) is 23.4 Å². The Morgan fingerprint density at radius 2 is 2.00 bits per heavy atom. The molecule has 0 aliphatic carbocycles. The average Bonchev–Trinajstić information content (AvgIpc) is 3.03. The number of nitrogens with two attached hydrogens (primary N) is 1. The third kappa shape index (κ3) is 3.36. The quantitative estimate of drug-likeness (QED) is 0.610. The molecule has 4 nitrogen and oxygen atoms in total. The summed E-state index contributed by atoms with van der Waals surface area (Å²) in [5, 5.41) is 4.46. The number of hydrogen-bond acceptors (Lipinski definition) is 3. The lowest BCUT2D eigenvalue weighted by atomic mass is 9.95. The molecule has 4 N–H and O–H groups in total. The van der Waals surface area contributed by atoms with E-state index >= 15 is 0 Å². The van der Waals surface area contributed by atoms with Crippen molar-refractivity contribution in [3.05, 3.63) is 88.6 Å². The second-order valence-electron chi connectivity index (χ2n) is 6.53. The number of H-pyrrole nitrogens is 1. The minimum Gasteiger partial charge on any atom is -0.346 e. The topological polar surface area (TPSA) is 66.7 Å². The maximum absolute atomic E-state index is 14.7. The van der Waals surface area contributed by atoms with Crippen LogP contribution in [0.4, 0.5) is 4.39 Å². The Hall–Kier alpha value is -2.63. The minimum atomic E-state index is -0.969. The number of nitrogens with zero attached hydrogens (tertiary/aromatic N) is 1. The number of aromatic nitrogens is 2. The van der Waals surface area contributed by atoms with E-state index in [9.17, 15) is 4.39 Å². The van der Waals surface area contributed by atoms with Crippen LogP contribution in [0.1, 0.15) is 11.1 Å². The standard InChI is InChI=1S/C20H18ClFN4/c21-16-5-3-13(4-6-16)11-20(23)8-7-14(18(22)26-20)10-15-12-25-19-17(15)2-1-9-24-19/h1-9,12,26H,10-11,23H2,(H,24,25). The third-order valence-electron chi connectivity index (χ3n) is 4.53. The van der Waals surface area contributed by atoms with Crippen molar-refractivity contribution in [1.29, 1.82) is 0 Å². The number of benzene rings is 1. The fourth-order valence-electron chi connectivity index (χ4n) is 3.19. The molecule has 3 aromatic rings. The van der Waals surface area contributed by atoms with Crippen molar-refractivity contribution >= 4 is 22.6 Å². The van der Waals surface area contributed by atoms with Crippen molar-refractivity contribution < 1.29 is 4.39 Å².